The van der Waals surface area contributed by atoms with Crippen molar-refractivity contribution >= 4 is 23.2 Å². The van der Waals surface area contributed by atoms with Crippen LogP contribution >= 0.6 is 11.3 Å². The highest BCUT2D eigenvalue weighted by atomic mass is 32.1. The number of thiophene rings is 1. The number of rotatable bonds is 3. The minimum atomic E-state index is -0.519. The maximum Gasteiger partial charge on any atom is 0.410 e. The van der Waals surface area contributed by atoms with E-state index < -0.39 is 11.2 Å². The zero-order chi connectivity index (χ0) is 15.8. The summed E-state index contributed by atoms with van der Waals surface area (Å²) in [5, 5.41) is 0. The summed E-state index contributed by atoms with van der Waals surface area (Å²) in [6.45, 7) is 7.95. The number of likely N-dealkylation sites (tertiary alicyclic amines) is 1. The number of nitrogens with zero attached hydrogens (tertiary/aromatic N) is 1. The Morgan fingerprint density at radius 3 is 2.33 bits per heavy atom. The summed E-state index contributed by atoms with van der Waals surface area (Å²) >= 11 is 1.42. The first-order chi connectivity index (χ1) is 9.67. The second-order valence-electron chi connectivity index (χ2n) is 6.25. The quantitative estimate of drug-likeness (QED) is 0.805. The van der Waals surface area contributed by atoms with Crippen molar-refractivity contribution in [2.45, 2.75) is 38.9 Å². The fraction of sp³-hybridized carbons (Fsp3) is 0.600. The molecule has 1 aliphatic heterocycles. The maximum absolute atomic E-state index is 12.0. The van der Waals surface area contributed by atoms with Crippen LogP contribution in [-0.4, -0.2) is 42.6 Å². The van der Waals surface area contributed by atoms with Crippen LogP contribution < -0.4 is 0 Å². The van der Waals surface area contributed by atoms with Gasteiger partial charge in [-0.25, -0.2) is 4.79 Å². The molecule has 0 saturated carbocycles. The Morgan fingerprint density at radius 2 is 1.90 bits per heavy atom. The van der Waals surface area contributed by atoms with Crippen molar-refractivity contribution in [2.75, 3.05) is 20.2 Å². The number of carbonyl (C=O) groups is 2. The third kappa shape index (κ3) is 3.27. The van der Waals surface area contributed by atoms with E-state index in [4.69, 9.17) is 9.47 Å². The number of ketones is 1. The molecule has 0 atom stereocenters. The Hall–Kier alpha value is -1.40. The van der Waals surface area contributed by atoms with Gasteiger partial charge >= 0.3 is 6.09 Å². The zero-order valence-electron chi connectivity index (χ0n) is 13.1. The van der Waals surface area contributed by atoms with Crippen molar-refractivity contribution < 1.29 is 19.1 Å². The molecule has 0 aliphatic carbocycles. The molecule has 2 heterocycles. The normalized spacial score (nSPS) is 17.3. The molecular weight excluding hydrogens is 290 g/mol. The van der Waals surface area contributed by atoms with Crippen LogP contribution in [-0.2, 0) is 15.1 Å². The Balaban J connectivity index is 2.06. The molecule has 1 fully saturated rings. The van der Waals surface area contributed by atoms with Crippen molar-refractivity contribution in [2.24, 2.45) is 0 Å². The van der Waals surface area contributed by atoms with Crippen LogP contribution in [0, 0.1) is 0 Å². The molecule has 1 amide bonds. The minimum Gasteiger partial charge on any atom is -0.444 e. The summed E-state index contributed by atoms with van der Waals surface area (Å²) in [5.41, 5.74) is -1.03. The minimum absolute atomic E-state index is 0.0424. The zero-order valence-corrected chi connectivity index (χ0v) is 13.9. The lowest BCUT2D eigenvalue weighted by molar-refractivity contribution is -0.124. The van der Waals surface area contributed by atoms with E-state index in [0.29, 0.717) is 18.0 Å². The smallest absolute Gasteiger partial charge is 0.410 e. The predicted octanol–water partition coefficient (Wildman–Crippen LogP) is 3.04. The van der Waals surface area contributed by atoms with E-state index in [1.807, 2.05) is 26.8 Å². The first-order valence-electron chi connectivity index (χ1n) is 6.81. The van der Waals surface area contributed by atoms with Crippen LogP contribution in [0.15, 0.2) is 12.1 Å². The highest BCUT2D eigenvalue weighted by Gasteiger charge is 2.49. The van der Waals surface area contributed by atoms with E-state index in [1.54, 1.807) is 25.0 Å². The first-order valence-corrected chi connectivity index (χ1v) is 7.63. The van der Waals surface area contributed by atoms with Gasteiger partial charge in [-0.2, -0.15) is 0 Å². The van der Waals surface area contributed by atoms with Gasteiger partial charge in [0.25, 0.3) is 0 Å². The number of hydrogen-bond donors (Lipinski definition) is 0. The van der Waals surface area contributed by atoms with Gasteiger partial charge in [-0.1, -0.05) is 0 Å². The van der Waals surface area contributed by atoms with Gasteiger partial charge in [-0.3, -0.25) is 4.79 Å². The van der Waals surface area contributed by atoms with E-state index in [9.17, 15) is 9.59 Å². The van der Waals surface area contributed by atoms with Crippen molar-refractivity contribution in [3.05, 3.63) is 21.9 Å². The number of ether oxygens (including phenoxy) is 2. The number of amides is 1. The summed E-state index contributed by atoms with van der Waals surface area (Å²) < 4.78 is 11.0. The molecule has 0 radical (unpaired) electrons. The first kappa shape index (κ1) is 16.0. The van der Waals surface area contributed by atoms with E-state index in [1.165, 1.54) is 11.3 Å². The summed E-state index contributed by atoms with van der Waals surface area (Å²) in [6, 6.07) is 3.70. The van der Waals surface area contributed by atoms with Gasteiger partial charge in [0, 0.05) is 12.0 Å². The van der Waals surface area contributed by atoms with Gasteiger partial charge in [0.2, 0.25) is 0 Å². The molecule has 1 aromatic heterocycles. The molecule has 116 valence electrons. The lowest BCUT2D eigenvalue weighted by atomic mass is 9.92. The molecular formula is C15H21NO4S. The standard InChI is InChI=1S/C15H21NO4S/c1-10(17)11-6-7-12(21-11)15(19-5)8-16(9-15)13(18)20-14(2,3)4/h6-7H,8-9H2,1-5H3. The lowest BCUT2D eigenvalue weighted by Gasteiger charge is -2.48. The fourth-order valence-electron chi connectivity index (χ4n) is 2.18. The van der Waals surface area contributed by atoms with Gasteiger partial charge in [-0.15, -0.1) is 11.3 Å². The summed E-state index contributed by atoms with van der Waals surface area (Å²) in [4.78, 5) is 26.7. The van der Waals surface area contributed by atoms with Gasteiger partial charge in [-0.05, 0) is 39.8 Å². The van der Waals surface area contributed by atoms with Gasteiger partial charge in [0.15, 0.2) is 5.78 Å². The molecule has 1 aromatic rings. The highest BCUT2D eigenvalue weighted by molar-refractivity contribution is 7.14. The third-order valence-electron chi connectivity index (χ3n) is 3.34. The molecule has 2 rings (SSSR count). The molecule has 0 unspecified atom stereocenters. The Kier molecular flexibility index (Phi) is 4.13. The Morgan fingerprint density at radius 1 is 1.29 bits per heavy atom. The molecule has 1 aliphatic rings. The Labute approximate surface area is 128 Å². The number of carbonyl (C=O) groups excluding carboxylic acids is 2. The van der Waals surface area contributed by atoms with Crippen molar-refractivity contribution in [1.29, 1.82) is 0 Å². The summed E-state index contributed by atoms with van der Waals surface area (Å²) in [6.07, 6.45) is -0.335. The molecule has 5 nitrogen and oxygen atoms in total. The van der Waals surface area contributed by atoms with Crippen molar-refractivity contribution in [1.82, 2.24) is 4.90 Å². The van der Waals surface area contributed by atoms with Crippen LogP contribution in [0.25, 0.3) is 0 Å². The second-order valence-corrected chi connectivity index (χ2v) is 7.34. The Bertz CT molecular complexity index is 552. The molecule has 0 aromatic carbocycles. The summed E-state index contributed by atoms with van der Waals surface area (Å²) in [5.74, 6) is 0.0424. The van der Waals surface area contributed by atoms with Crippen LogP contribution in [0.5, 0.6) is 0 Å². The van der Waals surface area contributed by atoms with Crippen LogP contribution in [0.1, 0.15) is 42.2 Å². The topological polar surface area (TPSA) is 55.8 Å². The maximum atomic E-state index is 12.0. The van der Waals surface area contributed by atoms with E-state index in [0.717, 1.165) is 4.88 Å². The lowest BCUT2D eigenvalue weighted by Crippen LogP contribution is -2.62. The molecule has 0 spiro atoms. The average Bonchev–Trinajstić information content (AvgIpc) is 2.75. The molecule has 1 saturated heterocycles. The van der Waals surface area contributed by atoms with Gasteiger partial charge < -0.3 is 14.4 Å². The van der Waals surface area contributed by atoms with Crippen molar-refractivity contribution in [3.8, 4) is 0 Å². The largest absolute Gasteiger partial charge is 0.444 e. The molecule has 6 heteroatoms. The average molecular weight is 311 g/mol. The van der Waals surface area contributed by atoms with E-state index in [-0.39, 0.29) is 11.9 Å². The molecule has 0 N–H and O–H groups in total. The van der Waals surface area contributed by atoms with Gasteiger partial charge in [0.1, 0.15) is 11.2 Å². The predicted molar refractivity (Wildman–Crippen MR) is 80.8 cm³/mol. The third-order valence-corrected chi connectivity index (χ3v) is 4.71. The number of hydrogen-bond acceptors (Lipinski definition) is 5. The number of methoxy groups -OCH3 is 1. The highest BCUT2D eigenvalue weighted by Crippen LogP contribution is 2.39. The number of Topliss-reactive ketones (excluding diaryl/α,β-unsaturated/α-hetero) is 1. The van der Waals surface area contributed by atoms with Crippen LogP contribution in [0.4, 0.5) is 4.79 Å². The van der Waals surface area contributed by atoms with Crippen LogP contribution in [0.3, 0.4) is 0 Å². The van der Waals surface area contributed by atoms with Crippen molar-refractivity contribution in [3.63, 3.8) is 0 Å². The fourth-order valence-corrected chi connectivity index (χ4v) is 3.23. The second kappa shape index (κ2) is 5.42. The van der Waals surface area contributed by atoms with E-state index >= 15 is 0 Å². The molecule has 21 heavy (non-hydrogen) atoms. The monoisotopic (exact) mass is 311 g/mol. The molecule has 0 bridgehead atoms. The van der Waals surface area contributed by atoms with Gasteiger partial charge in [0.05, 0.1) is 18.0 Å². The SMILES string of the molecule is COC1(c2ccc(C(C)=O)s2)CN(C(=O)OC(C)(C)C)C1. The summed E-state index contributed by atoms with van der Waals surface area (Å²) in [7, 11) is 1.62. The van der Waals surface area contributed by atoms with Crippen LogP contribution in [0.2, 0.25) is 0 Å². The van der Waals surface area contributed by atoms with E-state index in [2.05, 4.69) is 0 Å².